The number of hydrogen-bond donors (Lipinski definition) is 0. The second kappa shape index (κ2) is 7.01. The Balaban J connectivity index is 2.03. The molecular weight excluding hydrogens is 345 g/mol. The Hall–Kier alpha value is -2.12. The Morgan fingerprint density at radius 1 is 1.08 bits per heavy atom. The van der Waals surface area contributed by atoms with Crippen molar-refractivity contribution in [1.29, 1.82) is 0 Å². The molecule has 0 amide bonds. The summed E-state index contributed by atoms with van der Waals surface area (Å²) in [6.07, 6.45) is 1.44. The molecule has 2 aromatic carbocycles. The van der Waals surface area contributed by atoms with Crippen LogP contribution in [0.15, 0.2) is 47.4 Å². The Morgan fingerprint density at radius 3 is 2.44 bits per heavy atom. The van der Waals surface area contributed by atoms with E-state index in [2.05, 4.69) is 0 Å². The molecular formula is C18H20FNO4S. The predicted octanol–water partition coefficient (Wildman–Crippen LogP) is 3.37. The van der Waals surface area contributed by atoms with E-state index in [4.69, 9.17) is 9.47 Å². The normalized spacial score (nSPS) is 18.3. The second-order valence-electron chi connectivity index (χ2n) is 5.84. The first-order valence-electron chi connectivity index (χ1n) is 7.96. The van der Waals surface area contributed by atoms with E-state index in [0.29, 0.717) is 18.7 Å². The zero-order valence-corrected chi connectivity index (χ0v) is 14.9. The molecule has 25 heavy (non-hydrogen) atoms. The number of methoxy groups -OCH3 is 2. The van der Waals surface area contributed by atoms with Crippen molar-refractivity contribution in [3.63, 3.8) is 0 Å². The molecule has 5 nitrogen and oxygen atoms in total. The van der Waals surface area contributed by atoms with Crippen molar-refractivity contribution in [1.82, 2.24) is 4.31 Å². The van der Waals surface area contributed by atoms with E-state index in [1.807, 2.05) is 0 Å². The molecule has 1 aliphatic rings. The number of rotatable bonds is 5. The molecule has 0 N–H and O–H groups in total. The Morgan fingerprint density at radius 2 is 1.80 bits per heavy atom. The fourth-order valence-corrected chi connectivity index (χ4v) is 5.01. The van der Waals surface area contributed by atoms with Crippen molar-refractivity contribution in [2.75, 3.05) is 20.8 Å². The highest BCUT2D eigenvalue weighted by Crippen LogP contribution is 2.39. The van der Waals surface area contributed by atoms with Gasteiger partial charge in [0.05, 0.1) is 20.3 Å². The summed E-state index contributed by atoms with van der Waals surface area (Å²) in [5.74, 6) is 0.369. The van der Waals surface area contributed by atoms with Crippen LogP contribution >= 0.6 is 0 Å². The fraction of sp³-hybridized carbons (Fsp3) is 0.333. The molecule has 134 valence electrons. The third kappa shape index (κ3) is 3.34. The van der Waals surface area contributed by atoms with Crippen molar-refractivity contribution in [3.8, 4) is 11.5 Å². The molecule has 0 radical (unpaired) electrons. The van der Waals surface area contributed by atoms with Crippen molar-refractivity contribution < 1.29 is 22.3 Å². The summed E-state index contributed by atoms with van der Waals surface area (Å²) in [4.78, 5) is 0.0726. The topological polar surface area (TPSA) is 55.8 Å². The second-order valence-corrected chi connectivity index (χ2v) is 7.70. The zero-order valence-electron chi connectivity index (χ0n) is 14.1. The van der Waals surface area contributed by atoms with Gasteiger partial charge in [-0.1, -0.05) is 12.1 Å². The number of sulfonamides is 1. The number of ether oxygens (including phenoxy) is 2. The van der Waals surface area contributed by atoms with Gasteiger partial charge in [0.25, 0.3) is 0 Å². The van der Waals surface area contributed by atoms with Crippen LogP contribution in [-0.4, -0.2) is 33.5 Å². The average Bonchev–Trinajstić information content (AvgIpc) is 3.12. The molecule has 1 heterocycles. The molecule has 3 rings (SSSR count). The summed E-state index contributed by atoms with van der Waals surface area (Å²) in [6, 6.07) is 10.4. The summed E-state index contributed by atoms with van der Waals surface area (Å²) < 4.78 is 51.5. The van der Waals surface area contributed by atoms with Gasteiger partial charge < -0.3 is 9.47 Å². The quantitative estimate of drug-likeness (QED) is 0.815. The fourth-order valence-electron chi connectivity index (χ4n) is 3.16. The lowest BCUT2D eigenvalue weighted by Crippen LogP contribution is -2.31. The monoisotopic (exact) mass is 365 g/mol. The third-order valence-corrected chi connectivity index (χ3v) is 6.35. The molecule has 1 saturated heterocycles. The minimum atomic E-state index is -3.79. The minimum absolute atomic E-state index is 0.0726. The maximum atomic E-state index is 13.2. The summed E-state index contributed by atoms with van der Waals surface area (Å²) in [6.45, 7) is 0.407. The van der Waals surface area contributed by atoms with Crippen molar-refractivity contribution >= 4 is 10.0 Å². The molecule has 1 atom stereocenters. The SMILES string of the molecule is COc1ccc(OC)c(S(=O)(=O)N2CCC[C@@H]2c2ccc(F)cc2)c1. The van der Waals surface area contributed by atoms with Crippen molar-refractivity contribution in [3.05, 3.63) is 53.8 Å². The molecule has 2 aromatic rings. The van der Waals surface area contributed by atoms with Gasteiger partial charge >= 0.3 is 0 Å². The number of hydrogen-bond acceptors (Lipinski definition) is 4. The van der Waals surface area contributed by atoms with E-state index in [9.17, 15) is 12.8 Å². The van der Waals surface area contributed by atoms with Crippen LogP contribution in [0.3, 0.4) is 0 Å². The summed E-state index contributed by atoms with van der Waals surface area (Å²) in [7, 11) is -0.873. The van der Waals surface area contributed by atoms with Crippen LogP contribution in [0.25, 0.3) is 0 Å². The molecule has 0 spiro atoms. The van der Waals surface area contributed by atoms with Gasteiger partial charge in [-0.25, -0.2) is 12.8 Å². The van der Waals surface area contributed by atoms with Gasteiger partial charge in [-0.3, -0.25) is 0 Å². The molecule has 0 bridgehead atoms. The van der Waals surface area contributed by atoms with Crippen molar-refractivity contribution in [2.24, 2.45) is 0 Å². The molecule has 1 fully saturated rings. The van der Waals surface area contributed by atoms with Crippen LogP contribution in [0.2, 0.25) is 0 Å². The summed E-state index contributed by atoms with van der Waals surface area (Å²) in [5.41, 5.74) is 0.782. The van der Waals surface area contributed by atoms with Crippen LogP contribution in [0.1, 0.15) is 24.4 Å². The highest BCUT2D eigenvalue weighted by molar-refractivity contribution is 7.89. The molecule has 0 aliphatic carbocycles. The number of nitrogens with zero attached hydrogens (tertiary/aromatic N) is 1. The smallest absolute Gasteiger partial charge is 0.247 e. The lowest BCUT2D eigenvalue weighted by atomic mass is 10.1. The van der Waals surface area contributed by atoms with Crippen LogP contribution in [0, 0.1) is 5.82 Å². The zero-order chi connectivity index (χ0) is 18.0. The maximum Gasteiger partial charge on any atom is 0.247 e. The van der Waals surface area contributed by atoms with E-state index in [-0.39, 0.29) is 22.5 Å². The molecule has 0 saturated carbocycles. The van der Waals surface area contributed by atoms with Gasteiger partial charge in [0.2, 0.25) is 10.0 Å². The molecule has 0 unspecified atom stereocenters. The van der Waals surface area contributed by atoms with Crippen LogP contribution < -0.4 is 9.47 Å². The van der Waals surface area contributed by atoms with E-state index in [1.54, 1.807) is 24.3 Å². The van der Waals surface area contributed by atoms with E-state index >= 15 is 0 Å². The molecule has 0 aromatic heterocycles. The van der Waals surface area contributed by atoms with E-state index in [1.165, 1.54) is 36.7 Å². The van der Waals surface area contributed by atoms with E-state index in [0.717, 1.165) is 12.0 Å². The van der Waals surface area contributed by atoms with Crippen molar-refractivity contribution in [2.45, 2.75) is 23.8 Å². The average molecular weight is 365 g/mol. The summed E-state index contributed by atoms with van der Waals surface area (Å²) in [5, 5.41) is 0. The van der Waals surface area contributed by atoms with Gasteiger partial charge in [0, 0.05) is 12.6 Å². The van der Waals surface area contributed by atoms with Gasteiger partial charge in [-0.15, -0.1) is 0 Å². The Bertz CT molecular complexity index is 852. The molecule has 7 heteroatoms. The van der Waals surface area contributed by atoms with Gasteiger partial charge in [0.15, 0.2) is 0 Å². The largest absolute Gasteiger partial charge is 0.497 e. The Kier molecular flexibility index (Phi) is 4.96. The van der Waals surface area contributed by atoms with Gasteiger partial charge in [-0.2, -0.15) is 4.31 Å². The number of halogens is 1. The van der Waals surface area contributed by atoms with Gasteiger partial charge in [0.1, 0.15) is 22.2 Å². The number of benzene rings is 2. The van der Waals surface area contributed by atoms with E-state index < -0.39 is 10.0 Å². The first kappa shape index (κ1) is 17.7. The predicted molar refractivity (Wildman–Crippen MR) is 91.8 cm³/mol. The minimum Gasteiger partial charge on any atom is -0.497 e. The van der Waals surface area contributed by atoms with Gasteiger partial charge in [-0.05, 0) is 42.7 Å². The highest BCUT2D eigenvalue weighted by Gasteiger charge is 2.37. The van der Waals surface area contributed by atoms with Crippen LogP contribution in [-0.2, 0) is 10.0 Å². The van der Waals surface area contributed by atoms with Crippen LogP contribution in [0.4, 0.5) is 4.39 Å². The first-order valence-corrected chi connectivity index (χ1v) is 9.40. The third-order valence-electron chi connectivity index (χ3n) is 4.42. The highest BCUT2D eigenvalue weighted by atomic mass is 32.2. The van der Waals surface area contributed by atoms with Crippen LogP contribution in [0.5, 0.6) is 11.5 Å². The Labute approximate surface area is 147 Å². The summed E-state index contributed by atoms with van der Waals surface area (Å²) >= 11 is 0. The molecule has 1 aliphatic heterocycles. The first-order chi connectivity index (χ1) is 12.0. The standard InChI is InChI=1S/C18H20FNO4S/c1-23-15-9-10-17(24-2)18(12-15)25(21,22)20-11-3-4-16(20)13-5-7-14(19)8-6-13/h5-10,12,16H,3-4,11H2,1-2H3/t16-/m1/s1. The lowest BCUT2D eigenvalue weighted by Gasteiger charge is -2.25. The maximum absolute atomic E-state index is 13.2. The lowest BCUT2D eigenvalue weighted by molar-refractivity contribution is 0.375.